The molecule has 5 heteroatoms. The van der Waals surface area contributed by atoms with E-state index in [4.69, 9.17) is 0 Å². The van der Waals surface area contributed by atoms with Crippen LogP contribution < -0.4 is 5.32 Å². The van der Waals surface area contributed by atoms with Crippen molar-refractivity contribution in [3.8, 4) is 0 Å². The molecule has 0 unspecified atom stereocenters. The van der Waals surface area contributed by atoms with E-state index >= 15 is 0 Å². The summed E-state index contributed by atoms with van der Waals surface area (Å²) in [6, 6.07) is 5.26. The molecule has 1 aromatic carbocycles. The normalized spacial score (nSPS) is 10.4. The van der Waals surface area contributed by atoms with Crippen LogP contribution in [0.2, 0.25) is 0 Å². The van der Waals surface area contributed by atoms with Gasteiger partial charge in [-0.15, -0.1) is 0 Å². The fourth-order valence-corrected chi connectivity index (χ4v) is 1.41. The highest BCUT2D eigenvalue weighted by molar-refractivity contribution is 14.1. The van der Waals surface area contributed by atoms with E-state index in [9.17, 15) is 13.6 Å². The Balaban J connectivity index is 2.86. The predicted molar refractivity (Wildman–Crippen MR) is 58.5 cm³/mol. The van der Waals surface area contributed by atoms with Gasteiger partial charge in [-0.2, -0.15) is 8.78 Å². The second-order valence-corrected chi connectivity index (χ2v) is 3.99. The Morgan fingerprint density at radius 2 is 2.14 bits per heavy atom. The Hall–Kier alpha value is -0.720. The van der Waals surface area contributed by atoms with E-state index < -0.39 is 12.3 Å². The summed E-state index contributed by atoms with van der Waals surface area (Å²) in [5.41, 5.74) is 1.20. The summed E-state index contributed by atoms with van der Waals surface area (Å²) in [6.07, 6.45) is -2.98. The number of hydrogen-bond acceptors (Lipinski definition) is 1. The number of rotatable bonds is 2. The standard InChI is InChI=1S/C9H8F2INO/c1-5-2-3-6(12)4-7(5)13-9(14)8(10)11/h2-4,8H,1H3,(H,13,14). The Labute approximate surface area is 93.8 Å². The molecule has 2 nitrogen and oxygen atoms in total. The van der Waals surface area contributed by atoms with Crippen molar-refractivity contribution in [2.45, 2.75) is 13.3 Å². The molecule has 0 bridgehead atoms. The van der Waals surface area contributed by atoms with E-state index in [0.29, 0.717) is 5.69 Å². The van der Waals surface area contributed by atoms with E-state index in [2.05, 4.69) is 5.32 Å². The third-order valence-electron chi connectivity index (χ3n) is 1.66. The average molecular weight is 311 g/mol. The summed E-state index contributed by atoms with van der Waals surface area (Å²) < 4.78 is 24.8. The molecule has 0 aliphatic carbocycles. The number of anilines is 1. The van der Waals surface area contributed by atoms with Gasteiger partial charge in [0.15, 0.2) is 0 Å². The number of carbonyl (C=O) groups excluding carboxylic acids is 1. The number of nitrogens with one attached hydrogen (secondary N) is 1. The molecule has 0 heterocycles. The van der Waals surface area contributed by atoms with Crippen LogP contribution in [0.4, 0.5) is 14.5 Å². The van der Waals surface area contributed by atoms with Crippen LogP contribution in [0.3, 0.4) is 0 Å². The highest BCUT2D eigenvalue weighted by Gasteiger charge is 2.15. The molecular formula is C9H8F2INO. The zero-order valence-electron chi connectivity index (χ0n) is 7.35. The first-order valence-corrected chi connectivity index (χ1v) is 4.94. The third-order valence-corrected chi connectivity index (χ3v) is 2.33. The lowest BCUT2D eigenvalue weighted by Gasteiger charge is -2.07. The van der Waals surface area contributed by atoms with Crippen molar-refractivity contribution >= 4 is 34.2 Å². The topological polar surface area (TPSA) is 29.1 Å². The van der Waals surface area contributed by atoms with Gasteiger partial charge in [-0.25, -0.2) is 0 Å². The molecule has 0 saturated heterocycles. The summed E-state index contributed by atoms with van der Waals surface area (Å²) in [5, 5.41) is 2.16. The largest absolute Gasteiger partial charge is 0.321 e. The van der Waals surface area contributed by atoms with Gasteiger partial charge in [-0.3, -0.25) is 4.79 Å². The van der Waals surface area contributed by atoms with Crippen LogP contribution in [0.5, 0.6) is 0 Å². The molecule has 0 spiro atoms. The average Bonchev–Trinajstić information content (AvgIpc) is 2.11. The summed E-state index contributed by atoms with van der Waals surface area (Å²) in [4.78, 5) is 10.7. The molecule has 0 aromatic heterocycles. The molecule has 0 fully saturated rings. The first kappa shape index (κ1) is 11.4. The Bertz CT molecular complexity index is 355. The maximum Gasteiger partial charge on any atom is 0.315 e. The van der Waals surface area contributed by atoms with Crippen LogP contribution in [0.1, 0.15) is 5.56 Å². The second kappa shape index (κ2) is 4.68. The Morgan fingerprint density at radius 1 is 1.50 bits per heavy atom. The smallest absolute Gasteiger partial charge is 0.315 e. The van der Waals surface area contributed by atoms with Crippen molar-refractivity contribution in [3.63, 3.8) is 0 Å². The van der Waals surface area contributed by atoms with Crippen LogP contribution in [0.15, 0.2) is 18.2 Å². The predicted octanol–water partition coefficient (Wildman–Crippen LogP) is 2.80. The van der Waals surface area contributed by atoms with Crippen LogP contribution in [0, 0.1) is 10.5 Å². The molecule has 1 rings (SSSR count). The molecule has 1 amide bonds. The maximum atomic E-state index is 11.9. The molecule has 0 aliphatic rings. The first-order chi connectivity index (χ1) is 6.50. The fraction of sp³-hybridized carbons (Fsp3) is 0.222. The van der Waals surface area contributed by atoms with Crippen molar-refractivity contribution in [1.82, 2.24) is 0 Å². The molecule has 1 aromatic rings. The third kappa shape index (κ3) is 2.90. The lowest BCUT2D eigenvalue weighted by molar-refractivity contribution is -0.126. The lowest BCUT2D eigenvalue weighted by atomic mass is 10.2. The quantitative estimate of drug-likeness (QED) is 0.836. The first-order valence-electron chi connectivity index (χ1n) is 3.86. The maximum absolute atomic E-state index is 11.9. The number of aryl methyl sites for hydroxylation is 1. The molecule has 0 aliphatic heterocycles. The number of amides is 1. The summed E-state index contributed by atoms with van der Waals surface area (Å²) in [6.45, 7) is 1.75. The van der Waals surface area contributed by atoms with Crippen molar-refractivity contribution in [2.24, 2.45) is 0 Å². The highest BCUT2D eigenvalue weighted by Crippen LogP contribution is 2.18. The van der Waals surface area contributed by atoms with Gasteiger partial charge in [0.1, 0.15) is 0 Å². The zero-order chi connectivity index (χ0) is 10.7. The fourth-order valence-electron chi connectivity index (χ4n) is 0.916. The van der Waals surface area contributed by atoms with E-state index in [1.54, 1.807) is 19.1 Å². The number of halogens is 3. The second-order valence-electron chi connectivity index (χ2n) is 2.75. The van der Waals surface area contributed by atoms with Crippen molar-refractivity contribution in [1.29, 1.82) is 0 Å². The Kier molecular flexibility index (Phi) is 3.79. The highest BCUT2D eigenvalue weighted by atomic mass is 127. The van der Waals surface area contributed by atoms with E-state index in [0.717, 1.165) is 9.13 Å². The van der Waals surface area contributed by atoms with E-state index in [-0.39, 0.29) is 0 Å². The number of benzene rings is 1. The summed E-state index contributed by atoms with van der Waals surface area (Å²) >= 11 is 2.05. The number of alkyl halides is 2. The summed E-state index contributed by atoms with van der Waals surface area (Å²) in [5.74, 6) is -1.27. The van der Waals surface area contributed by atoms with Gasteiger partial charge in [-0.1, -0.05) is 6.07 Å². The minimum Gasteiger partial charge on any atom is -0.321 e. The monoisotopic (exact) mass is 311 g/mol. The van der Waals surface area contributed by atoms with Crippen LogP contribution in [-0.4, -0.2) is 12.3 Å². The molecular weight excluding hydrogens is 303 g/mol. The van der Waals surface area contributed by atoms with E-state index in [1.165, 1.54) is 0 Å². The van der Waals surface area contributed by atoms with Crippen molar-refractivity contribution in [3.05, 3.63) is 27.3 Å². The molecule has 1 N–H and O–H groups in total. The van der Waals surface area contributed by atoms with Gasteiger partial charge >= 0.3 is 6.43 Å². The van der Waals surface area contributed by atoms with Gasteiger partial charge < -0.3 is 5.32 Å². The van der Waals surface area contributed by atoms with Gasteiger partial charge in [0.25, 0.3) is 5.91 Å². The van der Waals surface area contributed by atoms with Crippen molar-refractivity contribution in [2.75, 3.05) is 5.32 Å². The van der Waals surface area contributed by atoms with Crippen LogP contribution >= 0.6 is 22.6 Å². The Morgan fingerprint density at radius 3 is 2.71 bits per heavy atom. The lowest BCUT2D eigenvalue weighted by Crippen LogP contribution is -2.20. The van der Waals surface area contributed by atoms with Gasteiger partial charge in [0.05, 0.1) is 0 Å². The number of carbonyl (C=O) groups is 1. The zero-order valence-corrected chi connectivity index (χ0v) is 9.51. The van der Waals surface area contributed by atoms with Crippen molar-refractivity contribution < 1.29 is 13.6 Å². The number of hydrogen-bond donors (Lipinski definition) is 1. The summed E-state index contributed by atoms with van der Waals surface area (Å²) in [7, 11) is 0. The molecule has 14 heavy (non-hydrogen) atoms. The minimum atomic E-state index is -2.98. The SMILES string of the molecule is Cc1ccc(I)cc1NC(=O)C(F)F. The van der Waals surface area contributed by atoms with Gasteiger partial charge in [-0.05, 0) is 47.2 Å². The molecule has 0 saturated carbocycles. The minimum absolute atomic E-state index is 0.433. The van der Waals surface area contributed by atoms with E-state index in [1.807, 2.05) is 28.7 Å². The molecule has 0 atom stereocenters. The molecule has 76 valence electrons. The van der Waals surface area contributed by atoms with Crippen LogP contribution in [-0.2, 0) is 4.79 Å². The van der Waals surface area contributed by atoms with Crippen LogP contribution in [0.25, 0.3) is 0 Å². The molecule has 0 radical (unpaired) electrons. The van der Waals surface area contributed by atoms with Gasteiger partial charge in [0, 0.05) is 9.26 Å². The van der Waals surface area contributed by atoms with Gasteiger partial charge in [0.2, 0.25) is 0 Å².